The SMILES string of the molecule is C/C=C/c1ccnc(C(C)C)c1. The van der Waals surface area contributed by atoms with Gasteiger partial charge in [-0.1, -0.05) is 26.0 Å². The van der Waals surface area contributed by atoms with Crippen molar-refractivity contribution in [3.05, 3.63) is 35.7 Å². The van der Waals surface area contributed by atoms with Crippen molar-refractivity contribution in [3.63, 3.8) is 0 Å². The van der Waals surface area contributed by atoms with Gasteiger partial charge in [-0.15, -0.1) is 0 Å². The zero-order valence-corrected chi connectivity index (χ0v) is 7.91. The van der Waals surface area contributed by atoms with Crippen molar-refractivity contribution >= 4 is 6.08 Å². The van der Waals surface area contributed by atoms with Gasteiger partial charge in [-0.2, -0.15) is 0 Å². The van der Waals surface area contributed by atoms with Gasteiger partial charge in [-0.25, -0.2) is 0 Å². The molecule has 64 valence electrons. The lowest BCUT2D eigenvalue weighted by atomic mass is 10.1. The predicted octanol–water partition coefficient (Wildman–Crippen LogP) is 3.24. The van der Waals surface area contributed by atoms with Gasteiger partial charge in [-0.3, -0.25) is 4.98 Å². The molecule has 1 heterocycles. The molecule has 0 aromatic carbocycles. The second-order valence-corrected chi connectivity index (χ2v) is 3.17. The maximum absolute atomic E-state index is 4.29. The van der Waals surface area contributed by atoms with Gasteiger partial charge in [0.25, 0.3) is 0 Å². The molecule has 0 spiro atoms. The number of nitrogens with zero attached hydrogens (tertiary/aromatic N) is 1. The van der Waals surface area contributed by atoms with E-state index in [1.807, 2.05) is 25.3 Å². The van der Waals surface area contributed by atoms with Gasteiger partial charge in [0.05, 0.1) is 0 Å². The summed E-state index contributed by atoms with van der Waals surface area (Å²) >= 11 is 0. The van der Waals surface area contributed by atoms with Crippen LogP contribution in [0.5, 0.6) is 0 Å². The van der Waals surface area contributed by atoms with Crippen LogP contribution in [0.1, 0.15) is 37.9 Å². The monoisotopic (exact) mass is 161 g/mol. The van der Waals surface area contributed by atoms with Crippen LogP contribution in [-0.4, -0.2) is 4.98 Å². The average Bonchev–Trinajstić information content (AvgIpc) is 2.05. The van der Waals surface area contributed by atoms with Crippen molar-refractivity contribution in [1.29, 1.82) is 0 Å². The lowest BCUT2D eigenvalue weighted by Gasteiger charge is -2.03. The average molecular weight is 161 g/mol. The molecule has 1 nitrogen and oxygen atoms in total. The van der Waals surface area contributed by atoms with Crippen molar-refractivity contribution in [2.24, 2.45) is 0 Å². The van der Waals surface area contributed by atoms with E-state index < -0.39 is 0 Å². The van der Waals surface area contributed by atoms with Gasteiger partial charge in [0.15, 0.2) is 0 Å². The van der Waals surface area contributed by atoms with Gasteiger partial charge in [0.2, 0.25) is 0 Å². The van der Waals surface area contributed by atoms with Crippen LogP contribution in [0.15, 0.2) is 24.4 Å². The summed E-state index contributed by atoms with van der Waals surface area (Å²) in [6.07, 6.45) is 6.00. The van der Waals surface area contributed by atoms with Crippen LogP contribution in [0.4, 0.5) is 0 Å². The lowest BCUT2D eigenvalue weighted by Crippen LogP contribution is -1.91. The molecule has 0 aliphatic heterocycles. The first-order chi connectivity index (χ1) is 5.74. The Balaban J connectivity index is 2.95. The molecule has 0 radical (unpaired) electrons. The van der Waals surface area contributed by atoms with Gasteiger partial charge in [0.1, 0.15) is 0 Å². The van der Waals surface area contributed by atoms with Crippen molar-refractivity contribution in [1.82, 2.24) is 4.98 Å². The molecule has 1 aromatic heterocycles. The molecule has 12 heavy (non-hydrogen) atoms. The Labute approximate surface area is 74.2 Å². The van der Waals surface area contributed by atoms with Crippen molar-refractivity contribution in [2.45, 2.75) is 26.7 Å². The Morgan fingerprint density at radius 1 is 1.42 bits per heavy atom. The number of rotatable bonds is 2. The van der Waals surface area contributed by atoms with E-state index >= 15 is 0 Å². The highest BCUT2D eigenvalue weighted by Crippen LogP contribution is 2.13. The van der Waals surface area contributed by atoms with E-state index in [1.165, 1.54) is 5.56 Å². The van der Waals surface area contributed by atoms with E-state index in [0.717, 1.165) is 5.69 Å². The second-order valence-electron chi connectivity index (χ2n) is 3.17. The van der Waals surface area contributed by atoms with Crippen LogP contribution in [0, 0.1) is 0 Å². The van der Waals surface area contributed by atoms with E-state index in [9.17, 15) is 0 Å². The third-order valence-corrected chi connectivity index (χ3v) is 1.76. The molecule has 0 aliphatic carbocycles. The quantitative estimate of drug-likeness (QED) is 0.649. The summed E-state index contributed by atoms with van der Waals surface area (Å²) in [6.45, 7) is 6.33. The summed E-state index contributed by atoms with van der Waals surface area (Å²) in [5.41, 5.74) is 2.39. The third kappa shape index (κ3) is 2.19. The summed E-state index contributed by atoms with van der Waals surface area (Å²) in [4.78, 5) is 4.29. The van der Waals surface area contributed by atoms with E-state index in [-0.39, 0.29) is 0 Å². The van der Waals surface area contributed by atoms with Crippen molar-refractivity contribution in [3.8, 4) is 0 Å². The molecule has 0 fully saturated rings. The smallest absolute Gasteiger partial charge is 0.0434 e. The Bertz CT molecular complexity index is 274. The van der Waals surface area contributed by atoms with Crippen LogP contribution in [-0.2, 0) is 0 Å². The number of pyridine rings is 1. The molecule has 0 saturated carbocycles. The Hall–Kier alpha value is -1.11. The zero-order chi connectivity index (χ0) is 8.97. The maximum atomic E-state index is 4.29. The standard InChI is InChI=1S/C11H15N/c1-4-5-10-6-7-12-11(8-10)9(2)3/h4-9H,1-3H3/b5-4+. The summed E-state index contributed by atoms with van der Waals surface area (Å²) in [5.74, 6) is 0.509. The normalized spacial score (nSPS) is 11.3. The molecular weight excluding hydrogens is 146 g/mol. The zero-order valence-electron chi connectivity index (χ0n) is 7.91. The first kappa shape index (κ1) is 8.98. The molecule has 0 saturated heterocycles. The number of aromatic nitrogens is 1. The second kappa shape index (κ2) is 4.05. The Morgan fingerprint density at radius 2 is 2.17 bits per heavy atom. The molecule has 0 unspecified atom stereocenters. The molecular formula is C11H15N. The number of allylic oxidation sites excluding steroid dienone is 1. The van der Waals surface area contributed by atoms with Crippen LogP contribution >= 0.6 is 0 Å². The van der Waals surface area contributed by atoms with Gasteiger partial charge in [-0.05, 0) is 30.5 Å². The maximum Gasteiger partial charge on any atom is 0.0434 e. The van der Waals surface area contributed by atoms with E-state index in [0.29, 0.717) is 5.92 Å². The highest BCUT2D eigenvalue weighted by molar-refractivity contribution is 5.48. The highest BCUT2D eigenvalue weighted by Gasteiger charge is 1.99. The molecule has 1 rings (SSSR count). The first-order valence-electron chi connectivity index (χ1n) is 4.32. The van der Waals surface area contributed by atoms with Crippen LogP contribution in [0.3, 0.4) is 0 Å². The molecule has 1 heteroatoms. The van der Waals surface area contributed by atoms with Crippen molar-refractivity contribution in [2.75, 3.05) is 0 Å². The minimum Gasteiger partial charge on any atom is -0.261 e. The largest absolute Gasteiger partial charge is 0.261 e. The molecule has 0 amide bonds. The highest BCUT2D eigenvalue weighted by atomic mass is 14.7. The minimum atomic E-state index is 0.509. The topological polar surface area (TPSA) is 12.9 Å². The van der Waals surface area contributed by atoms with Gasteiger partial charge >= 0.3 is 0 Å². The fourth-order valence-electron chi connectivity index (χ4n) is 1.08. The van der Waals surface area contributed by atoms with Gasteiger partial charge in [0, 0.05) is 11.9 Å². The van der Waals surface area contributed by atoms with E-state index in [1.54, 1.807) is 0 Å². The molecule has 0 N–H and O–H groups in total. The van der Waals surface area contributed by atoms with E-state index in [2.05, 4.69) is 31.0 Å². The van der Waals surface area contributed by atoms with E-state index in [4.69, 9.17) is 0 Å². The van der Waals surface area contributed by atoms with Crippen LogP contribution < -0.4 is 0 Å². The summed E-state index contributed by atoms with van der Waals surface area (Å²) < 4.78 is 0. The molecule has 0 bridgehead atoms. The van der Waals surface area contributed by atoms with Gasteiger partial charge < -0.3 is 0 Å². The number of hydrogen-bond acceptors (Lipinski definition) is 1. The summed E-state index contributed by atoms with van der Waals surface area (Å²) in [5, 5.41) is 0. The predicted molar refractivity (Wildman–Crippen MR) is 53.0 cm³/mol. The van der Waals surface area contributed by atoms with Crippen LogP contribution in [0.2, 0.25) is 0 Å². The fraction of sp³-hybridized carbons (Fsp3) is 0.364. The number of hydrogen-bond donors (Lipinski definition) is 0. The van der Waals surface area contributed by atoms with Crippen molar-refractivity contribution < 1.29 is 0 Å². The summed E-state index contributed by atoms with van der Waals surface area (Å²) in [6, 6.07) is 4.15. The molecule has 0 atom stereocenters. The fourth-order valence-corrected chi connectivity index (χ4v) is 1.08. The van der Waals surface area contributed by atoms with Crippen LogP contribution in [0.25, 0.3) is 6.08 Å². The minimum absolute atomic E-state index is 0.509. The Morgan fingerprint density at radius 3 is 2.75 bits per heavy atom. The Kier molecular flexibility index (Phi) is 3.03. The summed E-state index contributed by atoms with van der Waals surface area (Å²) in [7, 11) is 0. The molecule has 1 aromatic rings. The third-order valence-electron chi connectivity index (χ3n) is 1.76. The first-order valence-corrected chi connectivity index (χ1v) is 4.32. The lowest BCUT2D eigenvalue weighted by molar-refractivity contribution is 0.822. The molecule has 0 aliphatic rings.